The molecule has 32 heavy (non-hydrogen) atoms. The van der Waals surface area contributed by atoms with Gasteiger partial charge in [-0.15, -0.1) is 0 Å². The normalized spacial score (nSPS) is 15.5. The summed E-state index contributed by atoms with van der Waals surface area (Å²) in [7, 11) is 0. The molecule has 0 spiro atoms. The van der Waals surface area contributed by atoms with Gasteiger partial charge in [0.25, 0.3) is 0 Å². The molecule has 0 fully saturated rings. The Hall–Kier alpha value is -3.45. The average Bonchev–Trinajstić information content (AvgIpc) is 3.15. The molecule has 3 aromatic rings. The third kappa shape index (κ3) is 3.58. The average molecular weight is 438 g/mol. The van der Waals surface area contributed by atoms with Gasteiger partial charge >= 0.3 is 0 Å². The Morgan fingerprint density at radius 2 is 1.91 bits per heavy atom. The molecule has 1 atom stereocenters. The number of hydrogen-bond donors (Lipinski definition) is 4. The Morgan fingerprint density at radius 1 is 1.19 bits per heavy atom. The van der Waals surface area contributed by atoms with E-state index < -0.39 is 17.1 Å². The predicted octanol–water partition coefficient (Wildman–Crippen LogP) is 4.16. The molecule has 1 aliphatic rings. The summed E-state index contributed by atoms with van der Waals surface area (Å²) in [6.45, 7) is 7.16. The molecular formula is C25H26O7. The summed E-state index contributed by atoms with van der Waals surface area (Å²) in [5.41, 5.74) is 1.19. The second-order valence-corrected chi connectivity index (χ2v) is 8.97. The smallest absolute Gasteiger partial charge is 0.204 e. The fraction of sp³-hybridized carbons (Fsp3) is 0.320. The van der Waals surface area contributed by atoms with Gasteiger partial charge in [0.2, 0.25) is 5.43 Å². The van der Waals surface area contributed by atoms with Gasteiger partial charge in [0.1, 0.15) is 34.8 Å². The molecule has 7 nitrogen and oxygen atoms in total. The van der Waals surface area contributed by atoms with Gasteiger partial charge in [0.15, 0.2) is 11.5 Å². The fourth-order valence-electron chi connectivity index (χ4n) is 3.93. The lowest BCUT2D eigenvalue weighted by Gasteiger charge is -2.24. The molecule has 4 N–H and O–H groups in total. The van der Waals surface area contributed by atoms with Gasteiger partial charge in [-0.05, 0) is 51.8 Å². The maximum Gasteiger partial charge on any atom is 0.204 e. The van der Waals surface area contributed by atoms with Crippen molar-refractivity contribution in [3.8, 4) is 34.1 Å². The van der Waals surface area contributed by atoms with Crippen molar-refractivity contribution in [2.24, 2.45) is 0 Å². The Bertz CT molecular complexity index is 1300. The Balaban J connectivity index is 2.00. The first-order chi connectivity index (χ1) is 15.0. The van der Waals surface area contributed by atoms with Crippen molar-refractivity contribution in [2.45, 2.75) is 52.2 Å². The molecule has 1 aliphatic heterocycles. The van der Waals surface area contributed by atoms with E-state index in [0.717, 1.165) is 5.57 Å². The van der Waals surface area contributed by atoms with Crippen LogP contribution in [0.3, 0.4) is 0 Å². The van der Waals surface area contributed by atoms with Gasteiger partial charge in [0, 0.05) is 17.5 Å². The monoisotopic (exact) mass is 438 g/mol. The molecular weight excluding hydrogens is 412 g/mol. The van der Waals surface area contributed by atoms with Crippen molar-refractivity contribution in [3.05, 3.63) is 57.5 Å². The number of fused-ring (bicyclic) bond motifs is 3. The number of phenols is 3. The van der Waals surface area contributed by atoms with E-state index in [9.17, 15) is 25.2 Å². The molecule has 1 aromatic heterocycles. The zero-order valence-electron chi connectivity index (χ0n) is 18.4. The first-order valence-corrected chi connectivity index (χ1v) is 10.4. The van der Waals surface area contributed by atoms with E-state index >= 15 is 0 Å². The zero-order valence-corrected chi connectivity index (χ0v) is 18.4. The van der Waals surface area contributed by atoms with Crippen LogP contribution >= 0.6 is 0 Å². The number of aromatic hydroxyl groups is 3. The predicted molar refractivity (Wildman–Crippen MR) is 120 cm³/mol. The third-order valence-corrected chi connectivity index (χ3v) is 5.78. The van der Waals surface area contributed by atoms with Crippen LogP contribution in [0.15, 0.2) is 45.3 Å². The number of phenolic OH excluding ortho intramolecular Hbond substituents is 3. The molecule has 4 rings (SSSR count). The van der Waals surface area contributed by atoms with Crippen LogP contribution in [0.2, 0.25) is 0 Å². The van der Waals surface area contributed by atoms with Gasteiger partial charge < -0.3 is 29.6 Å². The molecule has 7 heteroatoms. The SMILES string of the molecule is CC(C)=CCc1c2c(c3occ(-c4ccc(O)c(O)c4)c(=O)c3c1O)C[C@@H](C(C)(C)O)O2. The highest BCUT2D eigenvalue weighted by Crippen LogP contribution is 2.46. The number of benzene rings is 2. The van der Waals surface area contributed by atoms with E-state index in [4.69, 9.17) is 9.15 Å². The minimum absolute atomic E-state index is 0.0194. The maximum absolute atomic E-state index is 13.4. The summed E-state index contributed by atoms with van der Waals surface area (Å²) in [6, 6.07) is 4.02. The van der Waals surface area contributed by atoms with Crippen molar-refractivity contribution >= 4 is 11.0 Å². The molecule has 0 aliphatic carbocycles. The third-order valence-electron chi connectivity index (χ3n) is 5.78. The minimum atomic E-state index is -1.14. The van der Waals surface area contributed by atoms with E-state index in [1.54, 1.807) is 13.8 Å². The molecule has 0 bridgehead atoms. The highest BCUT2D eigenvalue weighted by molar-refractivity contribution is 5.93. The number of allylic oxidation sites excluding steroid dienone is 2. The van der Waals surface area contributed by atoms with Gasteiger partial charge in [-0.2, -0.15) is 0 Å². The van der Waals surface area contributed by atoms with Gasteiger partial charge in [0.05, 0.1) is 11.2 Å². The van der Waals surface area contributed by atoms with Crippen LogP contribution in [0.1, 0.15) is 38.8 Å². The van der Waals surface area contributed by atoms with Crippen molar-refractivity contribution in [1.82, 2.24) is 0 Å². The van der Waals surface area contributed by atoms with E-state index in [-0.39, 0.29) is 33.8 Å². The molecule has 0 unspecified atom stereocenters. The van der Waals surface area contributed by atoms with Crippen molar-refractivity contribution in [3.63, 3.8) is 0 Å². The standard InChI is InChI=1S/C25H26O7/c1-12(2)5-7-14-21(28)20-22(29)16(13-6-8-17(26)18(27)9-13)11-31-24(20)15-10-19(25(3,4)30)32-23(14)15/h5-6,8-9,11,19,26-28,30H,7,10H2,1-4H3/t19-/m0/s1. The second-order valence-electron chi connectivity index (χ2n) is 8.97. The topological polar surface area (TPSA) is 120 Å². The summed E-state index contributed by atoms with van der Waals surface area (Å²) in [6.07, 6.45) is 3.29. The first-order valence-electron chi connectivity index (χ1n) is 10.4. The molecule has 0 saturated carbocycles. The lowest BCUT2D eigenvalue weighted by Crippen LogP contribution is -2.39. The van der Waals surface area contributed by atoms with E-state index in [1.807, 2.05) is 19.9 Å². The summed E-state index contributed by atoms with van der Waals surface area (Å²) >= 11 is 0. The molecule has 0 saturated heterocycles. The largest absolute Gasteiger partial charge is 0.507 e. The van der Waals surface area contributed by atoms with Crippen LogP contribution in [-0.2, 0) is 12.8 Å². The summed E-state index contributed by atoms with van der Waals surface area (Å²) in [5, 5.41) is 41.1. The summed E-state index contributed by atoms with van der Waals surface area (Å²) in [4.78, 5) is 13.4. The number of ether oxygens (including phenoxy) is 1. The lowest BCUT2D eigenvalue weighted by molar-refractivity contribution is -0.0232. The van der Waals surface area contributed by atoms with Crippen molar-refractivity contribution < 1.29 is 29.6 Å². The van der Waals surface area contributed by atoms with Crippen molar-refractivity contribution in [1.29, 1.82) is 0 Å². The van der Waals surface area contributed by atoms with Crippen LogP contribution in [-0.4, -0.2) is 32.1 Å². The number of aliphatic hydroxyl groups is 1. The molecule has 0 amide bonds. The van der Waals surface area contributed by atoms with E-state index in [1.165, 1.54) is 24.5 Å². The number of hydrogen-bond acceptors (Lipinski definition) is 7. The van der Waals surface area contributed by atoms with Gasteiger partial charge in [-0.3, -0.25) is 4.79 Å². The van der Waals surface area contributed by atoms with E-state index in [0.29, 0.717) is 35.3 Å². The summed E-state index contributed by atoms with van der Waals surface area (Å²) < 4.78 is 11.9. The molecule has 0 radical (unpaired) electrons. The maximum atomic E-state index is 13.4. The summed E-state index contributed by atoms with van der Waals surface area (Å²) in [5.74, 6) is -0.478. The minimum Gasteiger partial charge on any atom is -0.507 e. The second kappa shape index (κ2) is 7.60. The quantitative estimate of drug-likeness (QED) is 0.357. The molecule has 2 heterocycles. The Labute approximate surface area is 184 Å². The van der Waals surface area contributed by atoms with Crippen LogP contribution in [0.5, 0.6) is 23.0 Å². The van der Waals surface area contributed by atoms with Gasteiger partial charge in [-0.25, -0.2) is 0 Å². The Morgan fingerprint density at radius 3 is 2.53 bits per heavy atom. The zero-order chi connectivity index (χ0) is 23.4. The Kier molecular flexibility index (Phi) is 5.17. The van der Waals surface area contributed by atoms with Crippen LogP contribution < -0.4 is 10.2 Å². The van der Waals surface area contributed by atoms with Crippen LogP contribution in [0.4, 0.5) is 0 Å². The highest BCUT2D eigenvalue weighted by Gasteiger charge is 2.39. The van der Waals surface area contributed by atoms with E-state index in [2.05, 4.69) is 0 Å². The van der Waals surface area contributed by atoms with Gasteiger partial charge in [-0.1, -0.05) is 17.7 Å². The molecule has 168 valence electrons. The highest BCUT2D eigenvalue weighted by atomic mass is 16.5. The van der Waals surface area contributed by atoms with Crippen LogP contribution in [0, 0.1) is 0 Å². The molecule has 2 aromatic carbocycles. The van der Waals surface area contributed by atoms with Crippen LogP contribution in [0.25, 0.3) is 22.1 Å². The first kappa shape index (κ1) is 21.8. The number of rotatable bonds is 4. The lowest BCUT2D eigenvalue weighted by atomic mass is 9.93. The van der Waals surface area contributed by atoms with Crippen molar-refractivity contribution in [2.75, 3.05) is 0 Å². The fourth-order valence-corrected chi connectivity index (χ4v) is 3.93.